The number of aromatic nitrogens is 4. The molecule has 0 aromatic carbocycles. The number of nitrogens with one attached hydrogen (secondary N) is 1. The summed E-state index contributed by atoms with van der Waals surface area (Å²) >= 11 is 0. The minimum absolute atomic E-state index is 0.164. The lowest BCUT2D eigenvalue weighted by molar-refractivity contribution is 0.0254. The van der Waals surface area contributed by atoms with Gasteiger partial charge >= 0.3 is 0 Å². The molecular formula is C16H20N6O2. The molecule has 1 aliphatic rings. The lowest BCUT2D eigenvalue weighted by Crippen LogP contribution is -2.54. The Balaban J connectivity index is 1.64. The maximum atomic E-state index is 12.3. The van der Waals surface area contributed by atoms with Gasteiger partial charge < -0.3 is 15.3 Å². The fourth-order valence-electron chi connectivity index (χ4n) is 2.86. The first-order valence-corrected chi connectivity index (χ1v) is 7.86. The van der Waals surface area contributed by atoms with Crippen LogP contribution in [0.5, 0.6) is 0 Å². The van der Waals surface area contributed by atoms with Crippen molar-refractivity contribution < 1.29 is 9.90 Å². The molecule has 3 heterocycles. The van der Waals surface area contributed by atoms with Gasteiger partial charge in [-0.1, -0.05) is 0 Å². The molecule has 8 heteroatoms. The van der Waals surface area contributed by atoms with E-state index in [1.807, 2.05) is 4.90 Å². The van der Waals surface area contributed by atoms with Gasteiger partial charge in [-0.2, -0.15) is 0 Å². The summed E-state index contributed by atoms with van der Waals surface area (Å²) in [5, 5.41) is 13.6. The predicted molar refractivity (Wildman–Crippen MR) is 87.5 cm³/mol. The number of hydrogen-bond acceptors (Lipinski definition) is 7. The van der Waals surface area contributed by atoms with Crippen LogP contribution in [-0.4, -0.2) is 56.2 Å². The van der Waals surface area contributed by atoms with E-state index in [4.69, 9.17) is 0 Å². The molecule has 2 N–H and O–H groups in total. The fraction of sp³-hybridized carbons (Fsp3) is 0.438. The smallest absolute Gasteiger partial charge is 0.254 e. The number of hydrogen-bond donors (Lipinski definition) is 2. The van der Waals surface area contributed by atoms with Crippen molar-refractivity contribution in [2.45, 2.75) is 25.4 Å². The zero-order valence-corrected chi connectivity index (χ0v) is 13.5. The van der Waals surface area contributed by atoms with Crippen molar-refractivity contribution in [1.29, 1.82) is 0 Å². The summed E-state index contributed by atoms with van der Waals surface area (Å²) in [5.74, 6) is 0.451. The maximum Gasteiger partial charge on any atom is 0.254 e. The Kier molecular flexibility index (Phi) is 4.66. The second-order valence-electron chi connectivity index (χ2n) is 6.02. The molecule has 126 valence electrons. The third-order valence-corrected chi connectivity index (χ3v) is 4.16. The van der Waals surface area contributed by atoms with E-state index >= 15 is 0 Å². The number of carbonyl (C=O) groups excluding carboxylic acids is 1. The van der Waals surface area contributed by atoms with Gasteiger partial charge in [0.1, 0.15) is 12.1 Å². The minimum Gasteiger partial charge on any atom is -0.386 e. The summed E-state index contributed by atoms with van der Waals surface area (Å²) in [6.45, 7) is 3.12. The van der Waals surface area contributed by atoms with E-state index in [-0.39, 0.29) is 12.5 Å². The highest BCUT2D eigenvalue weighted by Gasteiger charge is 2.34. The van der Waals surface area contributed by atoms with Crippen LogP contribution >= 0.6 is 0 Å². The van der Waals surface area contributed by atoms with Gasteiger partial charge in [-0.3, -0.25) is 9.78 Å². The van der Waals surface area contributed by atoms with Crippen molar-refractivity contribution >= 4 is 11.7 Å². The van der Waals surface area contributed by atoms with E-state index in [2.05, 4.69) is 25.3 Å². The van der Waals surface area contributed by atoms with Crippen LogP contribution in [-0.2, 0) is 0 Å². The average Bonchev–Trinajstić information content (AvgIpc) is 2.61. The lowest BCUT2D eigenvalue weighted by atomic mass is 9.92. The second-order valence-corrected chi connectivity index (χ2v) is 6.02. The van der Waals surface area contributed by atoms with Gasteiger partial charge in [0.2, 0.25) is 0 Å². The Hall–Kier alpha value is -2.61. The van der Waals surface area contributed by atoms with E-state index in [0.717, 1.165) is 18.8 Å². The topological polar surface area (TPSA) is 104 Å². The van der Waals surface area contributed by atoms with Crippen LogP contribution in [0.4, 0.5) is 5.82 Å². The lowest BCUT2D eigenvalue weighted by Gasteiger charge is -2.39. The molecule has 1 saturated heterocycles. The van der Waals surface area contributed by atoms with Crippen LogP contribution in [0.25, 0.3) is 0 Å². The van der Waals surface area contributed by atoms with Crippen LogP contribution in [0.3, 0.4) is 0 Å². The van der Waals surface area contributed by atoms with Crippen molar-refractivity contribution in [2.24, 2.45) is 0 Å². The number of β-amino-alcohol motifs (C(OH)–C–C–N with tert-alkyl or cyclic N) is 1. The van der Waals surface area contributed by atoms with E-state index < -0.39 is 5.60 Å². The summed E-state index contributed by atoms with van der Waals surface area (Å²) in [5.41, 5.74) is 0.0247. The zero-order chi connectivity index (χ0) is 17.0. The van der Waals surface area contributed by atoms with Crippen LogP contribution in [0.1, 0.15) is 28.9 Å². The van der Waals surface area contributed by atoms with Crippen LogP contribution in [0, 0.1) is 6.92 Å². The molecule has 3 rings (SSSR count). The van der Waals surface area contributed by atoms with Gasteiger partial charge in [-0.25, -0.2) is 15.0 Å². The number of rotatable bonds is 4. The molecule has 8 nitrogen and oxygen atoms in total. The zero-order valence-electron chi connectivity index (χ0n) is 13.5. The highest BCUT2D eigenvalue weighted by molar-refractivity contribution is 5.94. The van der Waals surface area contributed by atoms with Gasteiger partial charge in [0.25, 0.3) is 5.91 Å². The molecule has 0 saturated carbocycles. The first-order valence-electron chi connectivity index (χ1n) is 7.86. The highest BCUT2D eigenvalue weighted by Crippen LogP contribution is 2.24. The van der Waals surface area contributed by atoms with E-state index in [1.54, 1.807) is 25.5 Å². The molecule has 1 fully saturated rings. The van der Waals surface area contributed by atoms with Gasteiger partial charge in [0, 0.05) is 38.2 Å². The van der Waals surface area contributed by atoms with Crippen molar-refractivity contribution in [3.63, 3.8) is 0 Å². The number of carbonyl (C=O) groups is 1. The van der Waals surface area contributed by atoms with Crippen molar-refractivity contribution in [3.8, 4) is 0 Å². The summed E-state index contributed by atoms with van der Waals surface area (Å²) in [6, 6.07) is 0. The molecule has 2 aromatic heterocycles. The molecule has 0 spiro atoms. The first kappa shape index (κ1) is 16.3. The molecule has 1 aliphatic heterocycles. The molecule has 0 unspecified atom stereocenters. The number of piperidine rings is 1. The van der Waals surface area contributed by atoms with Crippen LogP contribution < -0.4 is 10.2 Å². The Morgan fingerprint density at radius 1 is 1.33 bits per heavy atom. The summed E-state index contributed by atoms with van der Waals surface area (Å²) in [7, 11) is 0. The Labute approximate surface area is 140 Å². The van der Waals surface area contributed by atoms with Gasteiger partial charge in [-0.15, -0.1) is 0 Å². The van der Waals surface area contributed by atoms with Crippen LogP contribution in [0.2, 0.25) is 0 Å². The maximum absolute atomic E-state index is 12.3. The Bertz CT molecular complexity index is 711. The number of nitrogens with zero attached hydrogens (tertiary/aromatic N) is 5. The number of amides is 1. The molecule has 2 aromatic rings. The molecule has 0 aliphatic carbocycles. The Morgan fingerprint density at radius 2 is 2.21 bits per heavy atom. The van der Waals surface area contributed by atoms with Crippen LogP contribution in [0.15, 0.2) is 31.1 Å². The Morgan fingerprint density at radius 3 is 2.96 bits per heavy atom. The fourth-order valence-corrected chi connectivity index (χ4v) is 2.86. The van der Waals surface area contributed by atoms with Crippen molar-refractivity contribution in [3.05, 3.63) is 42.4 Å². The van der Waals surface area contributed by atoms with E-state index in [1.165, 1.54) is 12.5 Å². The summed E-state index contributed by atoms with van der Waals surface area (Å²) in [6.07, 6.45) is 9.24. The third kappa shape index (κ3) is 3.65. The van der Waals surface area contributed by atoms with Gasteiger partial charge in [0.05, 0.1) is 23.1 Å². The standard InChI is InChI=1S/C16H20N6O2/c1-12-13(7-18-11-21-12)15(23)20-9-16(24)3-2-6-22(10-16)14-8-17-4-5-19-14/h4-5,7-8,11,24H,2-3,6,9-10H2,1H3,(H,20,23)/t16-/m1/s1. The molecule has 0 radical (unpaired) electrons. The van der Waals surface area contributed by atoms with Crippen molar-refractivity contribution in [1.82, 2.24) is 25.3 Å². The summed E-state index contributed by atoms with van der Waals surface area (Å²) in [4.78, 5) is 30.5. The number of anilines is 1. The minimum atomic E-state index is -1.00. The molecule has 24 heavy (non-hydrogen) atoms. The summed E-state index contributed by atoms with van der Waals surface area (Å²) < 4.78 is 0. The molecule has 0 bridgehead atoms. The van der Waals surface area contributed by atoms with Gasteiger partial charge in [-0.05, 0) is 19.8 Å². The normalized spacial score (nSPS) is 20.7. The number of aryl methyl sites for hydroxylation is 1. The second kappa shape index (κ2) is 6.88. The molecule has 1 atom stereocenters. The highest BCUT2D eigenvalue weighted by atomic mass is 16.3. The quantitative estimate of drug-likeness (QED) is 0.834. The molecular weight excluding hydrogens is 308 g/mol. The molecule has 1 amide bonds. The van der Waals surface area contributed by atoms with Gasteiger partial charge in [0.15, 0.2) is 0 Å². The predicted octanol–water partition coefficient (Wildman–Crippen LogP) is 0.336. The largest absolute Gasteiger partial charge is 0.386 e. The third-order valence-electron chi connectivity index (χ3n) is 4.16. The van der Waals surface area contributed by atoms with E-state index in [9.17, 15) is 9.90 Å². The van der Waals surface area contributed by atoms with E-state index in [0.29, 0.717) is 24.2 Å². The van der Waals surface area contributed by atoms with Crippen molar-refractivity contribution in [2.75, 3.05) is 24.5 Å². The average molecular weight is 328 g/mol. The number of aliphatic hydroxyl groups is 1. The SMILES string of the molecule is Cc1ncncc1C(=O)NC[C@]1(O)CCCN(c2cnccn2)C1. The monoisotopic (exact) mass is 328 g/mol. The first-order chi connectivity index (χ1) is 11.6.